The number of unbranched alkanes of at least 4 members (excludes halogenated alkanes) is 1. The topological polar surface area (TPSA) is 68.0 Å². The van der Waals surface area contributed by atoms with Gasteiger partial charge in [-0.15, -0.1) is 11.3 Å². The smallest absolute Gasteiger partial charge is 0.228 e. The van der Waals surface area contributed by atoms with Gasteiger partial charge in [0, 0.05) is 19.4 Å². The molecular formula is C13H17N3O2S. The number of thiophene rings is 1. The van der Waals surface area contributed by atoms with Crippen LogP contribution in [0.2, 0.25) is 0 Å². The van der Waals surface area contributed by atoms with Gasteiger partial charge in [-0.05, 0) is 17.9 Å². The molecule has 0 spiro atoms. The average Bonchev–Trinajstić information content (AvgIpc) is 3.06. The van der Waals surface area contributed by atoms with Crippen molar-refractivity contribution in [3.63, 3.8) is 0 Å². The summed E-state index contributed by atoms with van der Waals surface area (Å²) < 4.78 is 5.15. The van der Waals surface area contributed by atoms with Crippen LogP contribution >= 0.6 is 11.3 Å². The lowest BCUT2D eigenvalue weighted by Crippen LogP contribution is -2.25. The average molecular weight is 279 g/mol. The predicted octanol–water partition coefficient (Wildman–Crippen LogP) is 2.65. The van der Waals surface area contributed by atoms with Crippen LogP contribution in [0, 0.1) is 0 Å². The van der Waals surface area contributed by atoms with Gasteiger partial charge < -0.3 is 9.84 Å². The predicted molar refractivity (Wildman–Crippen MR) is 73.8 cm³/mol. The van der Waals surface area contributed by atoms with E-state index in [-0.39, 0.29) is 5.91 Å². The molecular weight excluding hydrogens is 262 g/mol. The van der Waals surface area contributed by atoms with Crippen LogP contribution in [0.25, 0.3) is 10.7 Å². The zero-order valence-corrected chi connectivity index (χ0v) is 11.7. The van der Waals surface area contributed by atoms with Crippen molar-refractivity contribution in [2.45, 2.75) is 32.6 Å². The van der Waals surface area contributed by atoms with Gasteiger partial charge in [-0.1, -0.05) is 24.6 Å². The van der Waals surface area contributed by atoms with Crippen LogP contribution in [0.4, 0.5) is 0 Å². The number of amides is 1. The molecule has 2 heterocycles. The molecule has 2 aromatic heterocycles. The third-order valence-corrected chi connectivity index (χ3v) is 3.49. The lowest BCUT2D eigenvalue weighted by atomic mass is 10.2. The fourth-order valence-electron chi connectivity index (χ4n) is 1.60. The number of rotatable bonds is 7. The highest BCUT2D eigenvalue weighted by Crippen LogP contribution is 2.21. The summed E-state index contributed by atoms with van der Waals surface area (Å²) in [6, 6.07) is 3.90. The zero-order chi connectivity index (χ0) is 13.5. The number of aromatic nitrogens is 2. The molecule has 0 aliphatic heterocycles. The van der Waals surface area contributed by atoms with Gasteiger partial charge in [0.1, 0.15) is 0 Å². The first-order valence-corrected chi connectivity index (χ1v) is 7.30. The fourth-order valence-corrected chi connectivity index (χ4v) is 2.25. The van der Waals surface area contributed by atoms with Crippen LogP contribution in [-0.4, -0.2) is 22.6 Å². The third-order valence-electron chi connectivity index (χ3n) is 2.63. The number of hydrogen-bond acceptors (Lipinski definition) is 5. The van der Waals surface area contributed by atoms with E-state index in [4.69, 9.17) is 4.52 Å². The van der Waals surface area contributed by atoms with Gasteiger partial charge in [0.15, 0.2) is 0 Å². The largest absolute Gasteiger partial charge is 0.356 e. The minimum Gasteiger partial charge on any atom is -0.356 e. The van der Waals surface area contributed by atoms with E-state index in [1.165, 1.54) is 0 Å². The third kappa shape index (κ3) is 4.17. The molecule has 102 valence electrons. The Morgan fingerprint density at radius 1 is 1.53 bits per heavy atom. The Morgan fingerprint density at radius 2 is 2.42 bits per heavy atom. The van der Waals surface area contributed by atoms with E-state index in [2.05, 4.69) is 22.4 Å². The summed E-state index contributed by atoms with van der Waals surface area (Å²) >= 11 is 1.57. The molecule has 1 amide bonds. The second kappa shape index (κ2) is 7.04. The maximum atomic E-state index is 11.4. The Bertz CT molecular complexity index is 508. The van der Waals surface area contributed by atoms with E-state index in [9.17, 15) is 4.79 Å². The summed E-state index contributed by atoms with van der Waals surface area (Å²) in [6.07, 6.45) is 3.10. The molecule has 6 heteroatoms. The monoisotopic (exact) mass is 279 g/mol. The molecule has 1 N–H and O–H groups in total. The van der Waals surface area contributed by atoms with Crippen LogP contribution in [0.3, 0.4) is 0 Å². The fraction of sp³-hybridized carbons (Fsp3) is 0.462. The van der Waals surface area contributed by atoms with Crippen LogP contribution < -0.4 is 5.32 Å². The first-order valence-electron chi connectivity index (χ1n) is 6.42. The Labute approximate surface area is 116 Å². The van der Waals surface area contributed by atoms with Crippen LogP contribution in [0.1, 0.15) is 32.1 Å². The molecule has 0 aliphatic rings. The molecule has 0 aliphatic carbocycles. The van der Waals surface area contributed by atoms with Crippen molar-refractivity contribution >= 4 is 17.2 Å². The molecule has 5 nitrogen and oxygen atoms in total. The second-order valence-corrected chi connectivity index (χ2v) is 5.14. The molecule has 0 saturated carbocycles. The molecule has 0 bridgehead atoms. The van der Waals surface area contributed by atoms with Gasteiger partial charge in [0.25, 0.3) is 0 Å². The van der Waals surface area contributed by atoms with Crippen molar-refractivity contribution in [3.8, 4) is 10.7 Å². The highest BCUT2D eigenvalue weighted by molar-refractivity contribution is 7.13. The summed E-state index contributed by atoms with van der Waals surface area (Å²) in [6.45, 7) is 2.60. The zero-order valence-electron chi connectivity index (χ0n) is 10.9. The Kier molecular flexibility index (Phi) is 5.09. The summed E-state index contributed by atoms with van der Waals surface area (Å²) in [5.74, 6) is 1.25. The van der Waals surface area contributed by atoms with E-state index < -0.39 is 0 Å². The summed E-state index contributed by atoms with van der Waals surface area (Å²) in [5, 5.41) is 8.74. The molecule has 0 saturated heterocycles. The number of nitrogens with one attached hydrogen (secondary N) is 1. The number of nitrogens with zero attached hydrogens (tertiary/aromatic N) is 2. The van der Waals surface area contributed by atoms with Crippen molar-refractivity contribution < 1.29 is 9.32 Å². The van der Waals surface area contributed by atoms with E-state index in [0.29, 0.717) is 31.1 Å². The molecule has 19 heavy (non-hydrogen) atoms. The van der Waals surface area contributed by atoms with Crippen molar-refractivity contribution in [2.24, 2.45) is 0 Å². The number of hydrogen-bond donors (Lipinski definition) is 1. The molecule has 2 aromatic rings. The highest BCUT2D eigenvalue weighted by Gasteiger charge is 2.09. The van der Waals surface area contributed by atoms with Crippen LogP contribution in [-0.2, 0) is 11.2 Å². The van der Waals surface area contributed by atoms with Crippen molar-refractivity contribution in [3.05, 3.63) is 23.4 Å². The standard InChI is InChI=1S/C13H17N3O2S/c1-2-3-6-11(17)14-8-7-12-15-13(16-18-12)10-5-4-9-19-10/h4-5,9H,2-3,6-8H2,1H3,(H,14,17). The molecule has 2 rings (SSSR count). The summed E-state index contributed by atoms with van der Waals surface area (Å²) in [4.78, 5) is 16.7. The first-order chi connectivity index (χ1) is 9.29. The van der Waals surface area contributed by atoms with Gasteiger partial charge >= 0.3 is 0 Å². The minimum atomic E-state index is 0.0832. The van der Waals surface area contributed by atoms with E-state index in [1.807, 2.05) is 17.5 Å². The van der Waals surface area contributed by atoms with Gasteiger partial charge in [-0.25, -0.2) is 0 Å². The van der Waals surface area contributed by atoms with Crippen LogP contribution in [0.5, 0.6) is 0 Å². The molecule has 0 aromatic carbocycles. The van der Waals surface area contributed by atoms with Crippen LogP contribution in [0.15, 0.2) is 22.0 Å². The van der Waals surface area contributed by atoms with Gasteiger partial charge in [0.05, 0.1) is 4.88 Å². The quantitative estimate of drug-likeness (QED) is 0.846. The molecule has 0 unspecified atom stereocenters. The second-order valence-electron chi connectivity index (χ2n) is 4.19. The molecule has 0 fully saturated rings. The Morgan fingerprint density at radius 3 is 3.16 bits per heavy atom. The minimum absolute atomic E-state index is 0.0832. The number of carbonyl (C=O) groups is 1. The maximum Gasteiger partial charge on any atom is 0.228 e. The van der Waals surface area contributed by atoms with E-state index >= 15 is 0 Å². The van der Waals surface area contributed by atoms with Crippen molar-refractivity contribution in [2.75, 3.05) is 6.54 Å². The molecule has 0 radical (unpaired) electrons. The van der Waals surface area contributed by atoms with E-state index in [0.717, 1.165) is 17.7 Å². The maximum absolute atomic E-state index is 11.4. The Hall–Kier alpha value is -1.69. The summed E-state index contributed by atoms with van der Waals surface area (Å²) in [7, 11) is 0. The normalized spacial score (nSPS) is 10.6. The highest BCUT2D eigenvalue weighted by atomic mass is 32.1. The molecule has 0 atom stereocenters. The summed E-state index contributed by atoms with van der Waals surface area (Å²) in [5.41, 5.74) is 0. The van der Waals surface area contributed by atoms with Crippen molar-refractivity contribution in [1.29, 1.82) is 0 Å². The first kappa shape index (κ1) is 13.7. The van der Waals surface area contributed by atoms with Gasteiger partial charge in [-0.3, -0.25) is 4.79 Å². The lowest BCUT2D eigenvalue weighted by Gasteiger charge is -2.01. The number of carbonyl (C=O) groups excluding carboxylic acids is 1. The van der Waals surface area contributed by atoms with Gasteiger partial charge in [0.2, 0.25) is 17.6 Å². The Balaban J connectivity index is 1.76. The van der Waals surface area contributed by atoms with Crippen molar-refractivity contribution in [1.82, 2.24) is 15.5 Å². The lowest BCUT2D eigenvalue weighted by molar-refractivity contribution is -0.121. The SMILES string of the molecule is CCCCC(=O)NCCc1nc(-c2cccs2)no1. The van der Waals surface area contributed by atoms with Gasteiger partial charge in [-0.2, -0.15) is 4.98 Å². The van der Waals surface area contributed by atoms with E-state index in [1.54, 1.807) is 11.3 Å².